The molecule has 0 aromatic heterocycles. The molecule has 45 valence electrons. The van der Waals surface area contributed by atoms with Crippen LogP contribution in [0.25, 0.3) is 0 Å². The number of hydroxylamine groups is 2. The standard InChI is InChI=1S/C4H5NO3.Na/c6-3-1-2-4(7)5(3)8;/h8H,1-2H2;. The molecule has 0 atom stereocenters. The average Bonchev–Trinajstić information content (AvgIpc) is 1.98. The van der Waals surface area contributed by atoms with Crippen LogP contribution >= 0.6 is 0 Å². The molecule has 0 saturated carbocycles. The van der Waals surface area contributed by atoms with E-state index in [1.807, 2.05) is 0 Å². The van der Waals surface area contributed by atoms with E-state index in [1.54, 1.807) is 0 Å². The molecule has 1 N–H and O–H groups in total. The zero-order valence-corrected chi connectivity index (χ0v) is 7.13. The predicted octanol–water partition coefficient (Wildman–Crippen LogP) is -0.856. The van der Waals surface area contributed by atoms with Gasteiger partial charge in [-0.25, -0.2) is 0 Å². The van der Waals surface area contributed by atoms with Crippen LogP contribution in [0.1, 0.15) is 12.8 Å². The van der Waals surface area contributed by atoms with Gasteiger partial charge in [-0.3, -0.25) is 14.8 Å². The first-order chi connectivity index (χ1) is 3.72. The third-order valence-electron chi connectivity index (χ3n) is 1.03. The molecule has 9 heavy (non-hydrogen) atoms. The maximum Gasteiger partial charge on any atom is 0.253 e. The van der Waals surface area contributed by atoms with Gasteiger partial charge in [-0.1, -0.05) is 0 Å². The summed E-state index contributed by atoms with van der Waals surface area (Å²) < 4.78 is 0. The molecule has 1 heterocycles. The van der Waals surface area contributed by atoms with E-state index < -0.39 is 11.8 Å². The molecule has 0 aromatic carbocycles. The number of rotatable bonds is 0. The minimum Gasteiger partial charge on any atom is -0.279 e. The van der Waals surface area contributed by atoms with Crippen molar-refractivity contribution in [3.63, 3.8) is 0 Å². The van der Waals surface area contributed by atoms with Crippen molar-refractivity contribution in [2.75, 3.05) is 0 Å². The van der Waals surface area contributed by atoms with E-state index in [4.69, 9.17) is 5.21 Å². The quantitative estimate of drug-likeness (QED) is 0.269. The predicted molar refractivity (Wildman–Crippen MR) is 28.6 cm³/mol. The Balaban J connectivity index is 0.000000640. The molecule has 0 unspecified atom stereocenters. The zero-order chi connectivity index (χ0) is 6.15. The molecule has 0 aliphatic carbocycles. The molecule has 1 saturated heterocycles. The summed E-state index contributed by atoms with van der Waals surface area (Å²) in [5, 5.41) is 8.57. The van der Waals surface area contributed by atoms with Gasteiger partial charge in [0.05, 0.1) is 0 Å². The Bertz CT molecular complexity index is 131. The second-order valence-electron chi connectivity index (χ2n) is 1.60. The Labute approximate surface area is 74.1 Å². The minimum absolute atomic E-state index is 0. The Hall–Kier alpha value is 0.1000. The topological polar surface area (TPSA) is 57.6 Å². The molecular weight excluding hydrogens is 133 g/mol. The fourth-order valence-electron chi connectivity index (χ4n) is 0.565. The van der Waals surface area contributed by atoms with Crippen LogP contribution in [0.5, 0.6) is 0 Å². The van der Waals surface area contributed by atoms with Gasteiger partial charge in [0.25, 0.3) is 11.8 Å². The molecule has 1 aliphatic heterocycles. The first kappa shape index (κ1) is 9.10. The first-order valence-electron chi connectivity index (χ1n) is 2.26. The van der Waals surface area contributed by atoms with Crippen molar-refractivity contribution in [2.45, 2.75) is 12.8 Å². The Morgan fingerprint density at radius 1 is 1.22 bits per heavy atom. The number of carbonyl (C=O) groups excluding carboxylic acids is 2. The summed E-state index contributed by atoms with van der Waals surface area (Å²) in [6, 6.07) is 0. The monoisotopic (exact) mass is 138 g/mol. The maximum atomic E-state index is 10.2. The van der Waals surface area contributed by atoms with Crippen LogP contribution in [-0.2, 0) is 9.59 Å². The maximum absolute atomic E-state index is 10.2. The molecule has 0 bridgehead atoms. The van der Waals surface area contributed by atoms with Gasteiger partial charge in [0.2, 0.25) is 0 Å². The van der Waals surface area contributed by atoms with Crippen molar-refractivity contribution in [1.82, 2.24) is 5.06 Å². The van der Waals surface area contributed by atoms with Crippen LogP contribution in [-0.4, -0.2) is 51.6 Å². The number of carbonyl (C=O) groups is 2. The number of hydrogen-bond donors (Lipinski definition) is 1. The van der Waals surface area contributed by atoms with Crippen molar-refractivity contribution < 1.29 is 14.8 Å². The molecule has 0 aromatic rings. The van der Waals surface area contributed by atoms with Crippen LogP contribution in [0.2, 0.25) is 0 Å². The van der Waals surface area contributed by atoms with Gasteiger partial charge in [0.15, 0.2) is 0 Å². The van der Waals surface area contributed by atoms with Gasteiger partial charge in [0.1, 0.15) is 0 Å². The average molecular weight is 138 g/mol. The second-order valence-corrected chi connectivity index (χ2v) is 1.60. The minimum atomic E-state index is -0.505. The van der Waals surface area contributed by atoms with E-state index >= 15 is 0 Å². The molecular formula is C4H5NNaO3. The van der Waals surface area contributed by atoms with Crippen molar-refractivity contribution in [2.24, 2.45) is 0 Å². The summed E-state index contributed by atoms with van der Waals surface area (Å²) in [5.41, 5.74) is 0. The molecule has 0 spiro atoms. The number of nitrogens with zero attached hydrogens (tertiary/aromatic N) is 1. The van der Waals surface area contributed by atoms with E-state index in [-0.39, 0.29) is 47.5 Å². The number of amides is 2. The molecule has 5 heteroatoms. The smallest absolute Gasteiger partial charge is 0.253 e. The molecule has 1 radical (unpaired) electrons. The van der Waals surface area contributed by atoms with Gasteiger partial charge in [0, 0.05) is 42.4 Å². The third-order valence-corrected chi connectivity index (χ3v) is 1.03. The summed E-state index contributed by atoms with van der Waals surface area (Å²) in [5.74, 6) is -1.01. The largest absolute Gasteiger partial charge is 0.279 e. The fraction of sp³-hybridized carbons (Fsp3) is 0.500. The van der Waals surface area contributed by atoms with E-state index in [1.165, 1.54) is 0 Å². The van der Waals surface area contributed by atoms with E-state index in [2.05, 4.69) is 0 Å². The Morgan fingerprint density at radius 2 is 1.56 bits per heavy atom. The SMILES string of the molecule is O=C1CCC(=O)N1O.[Na]. The Kier molecular flexibility index (Phi) is 3.35. The summed E-state index contributed by atoms with van der Waals surface area (Å²) in [6.45, 7) is 0. The normalized spacial score (nSPS) is 18.1. The van der Waals surface area contributed by atoms with Crippen LogP contribution < -0.4 is 0 Å². The Morgan fingerprint density at radius 3 is 1.67 bits per heavy atom. The van der Waals surface area contributed by atoms with Gasteiger partial charge in [-0.2, -0.15) is 5.06 Å². The van der Waals surface area contributed by atoms with Gasteiger partial charge < -0.3 is 0 Å². The number of imide groups is 1. The van der Waals surface area contributed by atoms with Gasteiger partial charge in [-0.05, 0) is 0 Å². The van der Waals surface area contributed by atoms with Crippen LogP contribution in [0, 0.1) is 0 Å². The van der Waals surface area contributed by atoms with E-state index in [0.717, 1.165) is 0 Å². The summed E-state index contributed by atoms with van der Waals surface area (Å²) >= 11 is 0. The molecule has 2 amide bonds. The van der Waals surface area contributed by atoms with Crippen molar-refractivity contribution in [1.29, 1.82) is 0 Å². The van der Waals surface area contributed by atoms with E-state index in [0.29, 0.717) is 0 Å². The van der Waals surface area contributed by atoms with Crippen molar-refractivity contribution in [3.8, 4) is 0 Å². The van der Waals surface area contributed by atoms with Crippen LogP contribution in [0.15, 0.2) is 0 Å². The number of hydrogen-bond acceptors (Lipinski definition) is 3. The van der Waals surface area contributed by atoms with E-state index in [9.17, 15) is 9.59 Å². The van der Waals surface area contributed by atoms with Crippen molar-refractivity contribution in [3.05, 3.63) is 0 Å². The summed E-state index contributed by atoms with van der Waals surface area (Å²) in [7, 11) is 0. The van der Waals surface area contributed by atoms with Crippen molar-refractivity contribution >= 4 is 41.4 Å². The van der Waals surface area contributed by atoms with Crippen LogP contribution in [0.3, 0.4) is 0 Å². The second kappa shape index (κ2) is 3.31. The van der Waals surface area contributed by atoms with Crippen LogP contribution in [0.4, 0.5) is 0 Å². The summed E-state index contributed by atoms with van der Waals surface area (Å²) in [4.78, 5) is 20.5. The molecule has 1 aliphatic rings. The molecule has 1 rings (SSSR count). The summed E-state index contributed by atoms with van der Waals surface area (Å²) in [6.07, 6.45) is 0.296. The molecule has 1 fully saturated rings. The first-order valence-corrected chi connectivity index (χ1v) is 2.26. The van der Waals surface area contributed by atoms with Gasteiger partial charge >= 0.3 is 0 Å². The fourth-order valence-corrected chi connectivity index (χ4v) is 0.565. The molecule has 4 nitrogen and oxygen atoms in total. The third kappa shape index (κ3) is 1.76. The zero-order valence-electron chi connectivity index (χ0n) is 5.13. The van der Waals surface area contributed by atoms with Gasteiger partial charge in [-0.15, -0.1) is 0 Å².